The third kappa shape index (κ3) is 3.08. The van der Waals surface area contributed by atoms with Crippen molar-refractivity contribution in [3.8, 4) is 0 Å². The number of anilines is 1. The first-order chi connectivity index (χ1) is 9.74. The maximum Gasteiger partial charge on any atom is 0.151 e. The van der Waals surface area contributed by atoms with E-state index in [-0.39, 0.29) is 6.10 Å². The third-order valence-electron chi connectivity index (χ3n) is 3.57. The van der Waals surface area contributed by atoms with Gasteiger partial charge in [-0.2, -0.15) is 0 Å². The van der Waals surface area contributed by atoms with Crippen LogP contribution in [0.2, 0.25) is 0 Å². The highest BCUT2D eigenvalue weighted by atomic mass is 16.3. The fourth-order valence-electron chi connectivity index (χ4n) is 2.33. The molecule has 108 valence electrons. The Labute approximate surface area is 118 Å². The summed E-state index contributed by atoms with van der Waals surface area (Å²) >= 11 is 0. The number of nitrogens with two attached hydrogens (primary N) is 1. The monoisotopic (exact) mass is 275 g/mol. The lowest BCUT2D eigenvalue weighted by Crippen LogP contribution is -2.21. The lowest BCUT2D eigenvalue weighted by atomic mass is 10.2. The molecule has 0 amide bonds. The number of nitrogen functional groups attached to an aromatic ring is 1. The van der Waals surface area contributed by atoms with Crippen molar-refractivity contribution < 1.29 is 5.11 Å². The van der Waals surface area contributed by atoms with Crippen LogP contribution in [-0.2, 0) is 6.54 Å². The highest BCUT2D eigenvalue weighted by Gasteiger charge is 2.21. The molecule has 2 aromatic rings. The van der Waals surface area contributed by atoms with E-state index in [9.17, 15) is 5.11 Å². The van der Waals surface area contributed by atoms with Crippen LogP contribution in [0.3, 0.4) is 0 Å². The molecule has 20 heavy (non-hydrogen) atoms. The minimum Gasteiger partial charge on any atom is -0.392 e. The van der Waals surface area contributed by atoms with Gasteiger partial charge in [0.1, 0.15) is 11.8 Å². The molecule has 6 nitrogen and oxygen atoms in total. The fourth-order valence-corrected chi connectivity index (χ4v) is 2.33. The Bertz CT molecular complexity index is 577. The number of aliphatic hydroxyl groups is 1. The third-order valence-corrected chi connectivity index (χ3v) is 3.57. The molecule has 1 saturated carbocycles. The van der Waals surface area contributed by atoms with Crippen molar-refractivity contribution in [3.05, 3.63) is 18.1 Å². The summed E-state index contributed by atoms with van der Waals surface area (Å²) in [7, 11) is 0. The van der Waals surface area contributed by atoms with Gasteiger partial charge in [0.15, 0.2) is 5.82 Å². The van der Waals surface area contributed by atoms with E-state index in [0.29, 0.717) is 5.82 Å². The van der Waals surface area contributed by atoms with Crippen LogP contribution in [0.5, 0.6) is 0 Å². The van der Waals surface area contributed by atoms with E-state index in [1.165, 1.54) is 25.6 Å². The molecule has 1 aliphatic heterocycles. The van der Waals surface area contributed by atoms with E-state index in [2.05, 4.69) is 19.9 Å². The molecule has 2 aliphatic rings. The Morgan fingerprint density at radius 2 is 2.15 bits per heavy atom. The lowest BCUT2D eigenvalue weighted by Gasteiger charge is -2.13. The molecular formula is C14H21N5O. The van der Waals surface area contributed by atoms with Crippen LogP contribution in [0.1, 0.15) is 31.2 Å². The second kappa shape index (κ2) is 5.76. The van der Waals surface area contributed by atoms with Crippen molar-refractivity contribution in [3.63, 3.8) is 0 Å². The summed E-state index contributed by atoms with van der Waals surface area (Å²) < 4.78 is 0. The summed E-state index contributed by atoms with van der Waals surface area (Å²) in [6, 6.07) is 0. The Balaban J connectivity index is 0.000000358. The number of β-amino-alcohol motifs (C(OH)–C–C–N with tert-alkyl or cyclic N) is 1. The minimum absolute atomic E-state index is 0.195. The molecule has 0 bridgehead atoms. The number of nitrogens with zero attached hydrogens (tertiary/aromatic N) is 3. The van der Waals surface area contributed by atoms with Crippen molar-refractivity contribution in [2.45, 2.75) is 38.3 Å². The van der Waals surface area contributed by atoms with Crippen LogP contribution in [-0.4, -0.2) is 44.2 Å². The Kier molecular flexibility index (Phi) is 3.84. The van der Waals surface area contributed by atoms with Gasteiger partial charge in [-0.15, -0.1) is 0 Å². The standard InChI is InChI=1S/C11H15N5O.C3H6/c12-11-10-9(14-6-15-11)7(3-13-10)4-16-2-1-8(17)5-16;1-2-3-1/h3,6,8,13,17H,1-2,4-5H2,(H2,12,14,15);1-3H2/t8-;/m1./s1. The van der Waals surface area contributed by atoms with Gasteiger partial charge < -0.3 is 15.8 Å². The average Bonchev–Trinajstić information content (AvgIpc) is 3.19. The van der Waals surface area contributed by atoms with Crippen LogP contribution in [0.15, 0.2) is 12.5 Å². The van der Waals surface area contributed by atoms with Crippen molar-refractivity contribution in [1.82, 2.24) is 19.9 Å². The van der Waals surface area contributed by atoms with Crippen LogP contribution in [0.25, 0.3) is 11.0 Å². The van der Waals surface area contributed by atoms with Crippen LogP contribution in [0, 0.1) is 0 Å². The number of rotatable bonds is 2. The minimum atomic E-state index is -0.195. The topological polar surface area (TPSA) is 91.1 Å². The summed E-state index contributed by atoms with van der Waals surface area (Å²) in [5.74, 6) is 0.475. The zero-order valence-corrected chi connectivity index (χ0v) is 11.5. The number of likely N-dealkylation sites (tertiary alicyclic amines) is 1. The predicted molar refractivity (Wildman–Crippen MR) is 78.1 cm³/mol. The van der Waals surface area contributed by atoms with Crippen molar-refractivity contribution in [2.75, 3.05) is 18.8 Å². The molecule has 0 spiro atoms. The van der Waals surface area contributed by atoms with Gasteiger partial charge in [0.25, 0.3) is 0 Å². The normalized spacial score (nSPS) is 21.8. The second-order valence-electron chi connectivity index (χ2n) is 5.53. The number of H-pyrrole nitrogens is 1. The number of nitrogens with one attached hydrogen (secondary N) is 1. The zero-order chi connectivity index (χ0) is 13.9. The molecule has 3 heterocycles. The number of aromatic nitrogens is 3. The summed E-state index contributed by atoms with van der Waals surface area (Å²) in [4.78, 5) is 13.5. The molecule has 0 aromatic carbocycles. The number of hydrogen-bond donors (Lipinski definition) is 3. The van der Waals surface area contributed by atoms with Crippen LogP contribution < -0.4 is 5.73 Å². The molecule has 2 fully saturated rings. The van der Waals surface area contributed by atoms with Crippen molar-refractivity contribution >= 4 is 16.9 Å². The van der Waals surface area contributed by atoms with Gasteiger partial charge in [0.05, 0.1) is 11.6 Å². The quantitative estimate of drug-likeness (QED) is 0.768. The smallest absolute Gasteiger partial charge is 0.151 e. The molecule has 1 aliphatic carbocycles. The van der Waals surface area contributed by atoms with E-state index in [4.69, 9.17) is 5.73 Å². The van der Waals surface area contributed by atoms with E-state index >= 15 is 0 Å². The lowest BCUT2D eigenvalue weighted by molar-refractivity contribution is 0.175. The Morgan fingerprint density at radius 3 is 2.80 bits per heavy atom. The van der Waals surface area contributed by atoms with Gasteiger partial charge >= 0.3 is 0 Å². The van der Waals surface area contributed by atoms with Gasteiger partial charge in [-0.05, 0) is 6.42 Å². The summed E-state index contributed by atoms with van der Waals surface area (Å²) in [5.41, 5.74) is 8.53. The maximum atomic E-state index is 9.49. The summed E-state index contributed by atoms with van der Waals surface area (Å²) in [5, 5.41) is 9.49. The summed E-state index contributed by atoms with van der Waals surface area (Å²) in [6.07, 6.45) is 8.55. The van der Waals surface area contributed by atoms with Gasteiger partial charge in [-0.1, -0.05) is 19.3 Å². The Morgan fingerprint density at radius 1 is 1.35 bits per heavy atom. The molecule has 1 saturated heterocycles. The van der Waals surface area contributed by atoms with Crippen molar-refractivity contribution in [2.24, 2.45) is 0 Å². The molecule has 0 radical (unpaired) electrons. The number of hydrogen-bond acceptors (Lipinski definition) is 5. The predicted octanol–water partition coefficient (Wildman–Crippen LogP) is 1.28. The second-order valence-corrected chi connectivity index (χ2v) is 5.53. The number of aliphatic hydroxyl groups excluding tert-OH is 1. The molecular weight excluding hydrogens is 254 g/mol. The SMILES string of the molecule is C1CC1.Nc1ncnc2c(CN3CC[C@@H](O)C3)c[nH]c12. The molecule has 4 N–H and O–H groups in total. The first-order valence-electron chi connectivity index (χ1n) is 7.21. The molecule has 2 aromatic heterocycles. The van der Waals surface area contributed by atoms with E-state index in [1.807, 2.05) is 6.20 Å². The number of fused-ring (bicyclic) bond motifs is 1. The van der Waals surface area contributed by atoms with Gasteiger partial charge in [0, 0.05) is 31.4 Å². The highest BCUT2D eigenvalue weighted by molar-refractivity contribution is 5.86. The Hall–Kier alpha value is -1.66. The van der Waals surface area contributed by atoms with E-state index < -0.39 is 0 Å². The molecule has 0 unspecified atom stereocenters. The van der Waals surface area contributed by atoms with Gasteiger partial charge in [0.2, 0.25) is 0 Å². The largest absolute Gasteiger partial charge is 0.392 e. The number of aromatic amines is 1. The highest BCUT2D eigenvalue weighted by Crippen LogP contribution is 2.22. The van der Waals surface area contributed by atoms with Gasteiger partial charge in [-0.25, -0.2) is 9.97 Å². The first kappa shape index (κ1) is 13.3. The fraction of sp³-hybridized carbons (Fsp3) is 0.571. The molecule has 4 rings (SSSR count). The maximum absolute atomic E-state index is 9.49. The summed E-state index contributed by atoms with van der Waals surface area (Å²) in [6.45, 7) is 2.44. The van der Waals surface area contributed by atoms with Gasteiger partial charge in [-0.3, -0.25) is 4.90 Å². The first-order valence-corrected chi connectivity index (χ1v) is 7.21. The van der Waals surface area contributed by atoms with Crippen LogP contribution in [0.4, 0.5) is 5.82 Å². The van der Waals surface area contributed by atoms with Crippen LogP contribution >= 0.6 is 0 Å². The molecule has 6 heteroatoms. The van der Waals surface area contributed by atoms with E-state index in [0.717, 1.165) is 42.7 Å². The van der Waals surface area contributed by atoms with E-state index in [1.54, 1.807) is 0 Å². The zero-order valence-electron chi connectivity index (χ0n) is 11.5. The average molecular weight is 275 g/mol. The van der Waals surface area contributed by atoms with Crippen molar-refractivity contribution in [1.29, 1.82) is 0 Å². The molecule has 1 atom stereocenters.